The second-order valence-electron chi connectivity index (χ2n) is 9.30. The smallest absolute Gasteiger partial charge is 0.260 e. The van der Waals surface area contributed by atoms with Crippen molar-refractivity contribution in [3.05, 3.63) is 44.1 Å². The number of aryl methyl sites for hydroxylation is 2. The van der Waals surface area contributed by atoms with E-state index >= 15 is 0 Å². The summed E-state index contributed by atoms with van der Waals surface area (Å²) in [5.74, 6) is 0.870. The first-order valence-electron chi connectivity index (χ1n) is 9.19. The largest absolute Gasteiger partial charge is 0.507 e. The van der Waals surface area contributed by atoms with Gasteiger partial charge in [-0.05, 0) is 42.4 Å². The predicted molar refractivity (Wildman–Crippen MR) is 114 cm³/mol. The van der Waals surface area contributed by atoms with E-state index in [1.807, 2.05) is 26.0 Å². The van der Waals surface area contributed by atoms with Crippen LogP contribution in [0.3, 0.4) is 0 Å². The molecule has 0 saturated heterocycles. The minimum atomic E-state index is -0.236. The van der Waals surface area contributed by atoms with E-state index < -0.39 is 0 Å². The van der Waals surface area contributed by atoms with Gasteiger partial charge in [0.15, 0.2) is 0 Å². The fraction of sp³-hybridized carbons (Fsp3) is 0.455. The van der Waals surface area contributed by atoms with Crippen molar-refractivity contribution in [2.75, 3.05) is 0 Å². The van der Waals surface area contributed by atoms with Gasteiger partial charge >= 0.3 is 0 Å². The van der Waals surface area contributed by atoms with E-state index in [-0.39, 0.29) is 16.4 Å². The second kappa shape index (κ2) is 6.20. The highest BCUT2D eigenvalue weighted by atomic mass is 32.1. The Morgan fingerprint density at radius 2 is 1.52 bits per heavy atom. The molecule has 0 aliphatic rings. The zero-order chi connectivity index (χ0) is 20.3. The standard InChI is InChI=1S/C22H28N2O2S/c1-11-12(2)27-20-16(11)19(26)23-18(24-20)13-9-14(21(3,4)5)17(25)15(10-13)22(6,7)8/h9-10,25H,1-8H3,(H,23,24,26). The quantitative estimate of drug-likeness (QED) is 0.576. The highest BCUT2D eigenvalue weighted by Crippen LogP contribution is 2.41. The average Bonchev–Trinajstić information content (AvgIpc) is 2.80. The molecule has 5 heteroatoms. The van der Waals surface area contributed by atoms with Gasteiger partial charge in [-0.2, -0.15) is 0 Å². The van der Waals surface area contributed by atoms with E-state index in [0.717, 1.165) is 32.0 Å². The van der Waals surface area contributed by atoms with Gasteiger partial charge in [0.1, 0.15) is 16.4 Å². The molecule has 0 atom stereocenters. The number of rotatable bonds is 1. The summed E-state index contributed by atoms with van der Waals surface area (Å²) in [7, 11) is 0. The maximum Gasteiger partial charge on any atom is 0.260 e. The first-order chi connectivity index (χ1) is 12.3. The van der Waals surface area contributed by atoms with Gasteiger partial charge in [0.2, 0.25) is 0 Å². The zero-order valence-electron chi connectivity index (χ0n) is 17.4. The molecule has 2 heterocycles. The van der Waals surface area contributed by atoms with E-state index in [1.165, 1.54) is 0 Å². The lowest BCUT2D eigenvalue weighted by molar-refractivity contribution is 0.423. The van der Waals surface area contributed by atoms with E-state index in [4.69, 9.17) is 4.98 Å². The fourth-order valence-electron chi connectivity index (χ4n) is 3.31. The third-order valence-corrected chi connectivity index (χ3v) is 6.14. The molecule has 2 aromatic heterocycles. The third kappa shape index (κ3) is 3.41. The van der Waals surface area contributed by atoms with E-state index in [2.05, 4.69) is 46.5 Å². The SMILES string of the molecule is Cc1sc2nc(-c3cc(C(C)(C)C)c(O)c(C(C)(C)C)c3)[nH]c(=O)c2c1C. The van der Waals surface area contributed by atoms with Crippen LogP contribution < -0.4 is 5.56 Å². The lowest BCUT2D eigenvalue weighted by Crippen LogP contribution is -2.18. The molecule has 4 nitrogen and oxygen atoms in total. The number of hydrogen-bond acceptors (Lipinski definition) is 4. The molecule has 27 heavy (non-hydrogen) atoms. The number of aromatic amines is 1. The van der Waals surface area contributed by atoms with Gasteiger partial charge in [-0.1, -0.05) is 41.5 Å². The van der Waals surface area contributed by atoms with Crippen LogP contribution >= 0.6 is 11.3 Å². The number of aromatic hydroxyl groups is 1. The summed E-state index contributed by atoms with van der Waals surface area (Å²) in [4.78, 5) is 22.3. The minimum absolute atomic E-state index is 0.112. The molecule has 0 aliphatic heterocycles. The first kappa shape index (κ1) is 19.6. The van der Waals surface area contributed by atoms with E-state index in [0.29, 0.717) is 17.0 Å². The highest BCUT2D eigenvalue weighted by Gasteiger charge is 2.27. The maximum atomic E-state index is 12.7. The molecule has 0 bridgehead atoms. The number of phenols is 1. The number of benzene rings is 1. The van der Waals surface area contributed by atoms with Crippen molar-refractivity contribution in [3.8, 4) is 17.1 Å². The molecule has 2 N–H and O–H groups in total. The van der Waals surface area contributed by atoms with Crippen LogP contribution in [0, 0.1) is 13.8 Å². The van der Waals surface area contributed by atoms with Gasteiger partial charge < -0.3 is 10.1 Å². The van der Waals surface area contributed by atoms with Crippen LogP contribution in [0.4, 0.5) is 0 Å². The van der Waals surface area contributed by atoms with E-state index in [1.54, 1.807) is 11.3 Å². The van der Waals surface area contributed by atoms with Crippen molar-refractivity contribution >= 4 is 21.6 Å². The Morgan fingerprint density at radius 1 is 1.00 bits per heavy atom. The lowest BCUT2D eigenvalue weighted by Gasteiger charge is -2.28. The number of nitrogens with one attached hydrogen (secondary N) is 1. The summed E-state index contributed by atoms with van der Waals surface area (Å²) in [6.45, 7) is 16.4. The summed E-state index contributed by atoms with van der Waals surface area (Å²) in [6.07, 6.45) is 0. The Labute approximate surface area is 164 Å². The summed E-state index contributed by atoms with van der Waals surface area (Å²) < 4.78 is 0. The van der Waals surface area contributed by atoms with Crippen LogP contribution in [0.2, 0.25) is 0 Å². The molecule has 3 rings (SSSR count). The molecule has 0 fully saturated rings. The minimum Gasteiger partial charge on any atom is -0.507 e. The maximum absolute atomic E-state index is 12.7. The monoisotopic (exact) mass is 384 g/mol. The number of H-pyrrole nitrogens is 1. The molecule has 0 radical (unpaired) electrons. The average molecular weight is 385 g/mol. The fourth-order valence-corrected chi connectivity index (χ4v) is 4.34. The van der Waals surface area contributed by atoms with Crippen molar-refractivity contribution in [2.24, 2.45) is 0 Å². The summed E-state index contributed by atoms with van der Waals surface area (Å²) in [5.41, 5.74) is 2.94. The van der Waals surface area contributed by atoms with Gasteiger partial charge in [0.25, 0.3) is 5.56 Å². The first-order valence-corrected chi connectivity index (χ1v) is 10.0. The zero-order valence-corrected chi connectivity index (χ0v) is 18.2. The number of phenolic OH excluding ortho intramolecular Hbond substituents is 1. The molecule has 0 spiro atoms. The second-order valence-corrected chi connectivity index (χ2v) is 10.5. The van der Waals surface area contributed by atoms with Crippen LogP contribution in [0.1, 0.15) is 63.1 Å². The summed E-state index contributed by atoms with van der Waals surface area (Å²) in [5, 5.41) is 11.6. The van der Waals surface area contributed by atoms with Gasteiger partial charge in [0, 0.05) is 21.6 Å². The number of fused-ring (bicyclic) bond motifs is 1. The number of nitrogens with zero attached hydrogens (tertiary/aromatic N) is 1. The topological polar surface area (TPSA) is 66.0 Å². The Balaban J connectivity index is 2.35. The van der Waals surface area contributed by atoms with Crippen molar-refractivity contribution in [3.63, 3.8) is 0 Å². The molecule has 0 unspecified atom stereocenters. The lowest BCUT2D eigenvalue weighted by atomic mass is 9.78. The molecule has 0 saturated carbocycles. The molecule has 0 amide bonds. The molecular formula is C22H28N2O2S. The Hall–Kier alpha value is -2.14. The van der Waals surface area contributed by atoms with Crippen molar-refractivity contribution < 1.29 is 5.11 Å². The van der Waals surface area contributed by atoms with Gasteiger partial charge in [-0.3, -0.25) is 4.79 Å². The third-order valence-electron chi connectivity index (χ3n) is 5.04. The van der Waals surface area contributed by atoms with Crippen molar-refractivity contribution in [2.45, 2.75) is 66.2 Å². The van der Waals surface area contributed by atoms with Crippen LogP contribution in [0.15, 0.2) is 16.9 Å². The molecule has 1 aromatic carbocycles. The predicted octanol–water partition coefficient (Wildman–Crippen LogP) is 5.57. The molecular weight excluding hydrogens is 356 g/mol. The number of aromatic nitrogens is 2. The van der Waals surface area contributed by atoms with Crippen LogP contribution in [0.5, 0.6) is 5.75 Å². The molecule has 3 aromatic rings. The normalized spacial score (nSPS) is 12.7. The molecule has 0 aliphatic carbocycles. The van der Waals surface area contributed by atoms with Crippen LogP contribution in [-0.2, 0) is 10.8 Å². The Morgan fingerprint density at radius 3 is 2.00 bits per heavy atom. The highest BCUT2D eigenvalue weighted by molar-refractivity contribution is 7.18. The van der Waals surface area contributed by atoms with Gasteiger partial charge in [-0.15, -0.1) is 11.3 Å². The van der Waals surface area contributed by atoms with Crippen molar-refractivity contribution in [1.29, 1.82) is 0 Å². The Kier molecular flexibility index (Phi) is 4.50. The van der Waals surface area contributed by atoms with E-state index in [9.17, 15) is 9.90 Å². The van der Waals surface area contributed by atoms with Crippen LogP contribution in [0.25, 0.3) is 21.6 Å². The summed E-state index contributed by atoms with van der Waals surface area (Å²) >= 11 is 1.54. The molecule has 144 valence electrons. The van der Waals surface area contributed by atoms with Crippen LogP contribution in [-0.4, -0.2) is 15.1 Å². The van der Waals surface area contributed by atoms with Gasteiger partial charge in [-0.25, -0.2) is 4.98 Å². The number of hydrogen-bond donors (Lipinski definition) is 2. The Bertz CT molecular complexity index is 1060. The number of thiophene rings is 1. The van der Waals surface area contributed by atoms with Gasteiger partial charge in [0.05, 0.1) is 5.39 Å². The summed E-state index contributed by atoms with van der Waals surface area (Å²) in [6, 6.07) is 3.89. The van der Waals surface area contributed by atoms with Crippen molar-refractivity contribution in [1.82, 2.24) is 9.97 Å².